The van der Waals surface area contributed by atoms with Gasteiger partial charge in [-0.1, -0.05) is 60.7 Å². The van der Waals surface area contributed by atoms with Crippen molar-refractivity contribution >= 4 is 165 Å². The average Bonchev–Trinajstić information content (AvgIpc) is 0.853. The molecule has 3 unspecified atom stereocenters. The van der Waals surface area contributed by atoms with Gasteiger partial charge in [-0.25, -0.2) is 14.4 Å². The number of carbonyl (C=O) groups is 15. The molecular formula is C89H114N16O28S3. The molecule has 3 fully saturated rings. The van der Waals surface area contributed by atoms with Gasteiger partial charge in [-0.15, -0.1) is 16.9 Å². The van der Waals surface area contributed by atoms with Crippen molar-refractivity contribution < 1.29 is 134 Å². The number of rotatable bonds is 47. The van der Waals surface area contributed by atoms with Crippen molar-refractivity contribution in [2.75, 3.05) is 122 Å². The van der Waals surface area contributed by atoms with E-state index >= 15 is 0 Å². The molecule has 2 saturated heterocycles. The molecule has 1 saturated carbocycles. The number of phenolic OH excluding ortho intramolecular Hbond substituents is 1. The van der Waals surface area contributed by atoms with Gasteiger partial charge in [0.1, 0.15) is 39.6 Å². The van der Waals surface area contributed by atoms with E-state index < -0.39 is 185 Å². The quantitative estimate of drug-likeness (QED) is 0.00832. The van der Waals surface area contributed by atoms with Gasteiger partial charge in [0, 0.05) is 133 Å². The topological polar surface area (TPSA) is 670 Å². The maximum atomic E-state index is 14.6. The van der Waals surface area contributed by atoms with E-state index in [1.54, 1.807) is 69.8 Å². The van der Waals surface area contributed by atoms with E-state index in [2.05, 4.69) is 52.8 Å². The number of hydrogen-bond acceptors (Lipinski definition) is 28. The van der Waals surface area contributed by atoms with E-state index in [4.69, 9.17) is 10.8 Å². The summed E-state index contributed by atoms with van der Waals surface area (Å²) in [6.45, 7) is 3.03. The first-order valence-electron chi connectivity index (χ1n) is 44.1. The zero-order valence-electron chi connectivity index (χ0n) is 74.8. The van der Waals surface area contributed by atoms with Crippen LogP contribution in [-0.4, -0.2) is 315 Å². The summed E-state index contributed by atoms with van der Waals surface area (Å²) in [4.78, 5) is 198. The molecule has 1 aliphatic carbocycles. The van der Waals surface area contributed by atoms with Gasteiger partial charge < -0.3 is 84.0 Å². The summed E-state index contributed by atoms with van der Waals surface area (Å²) >= 11 is 1.14. The second kappa shape index (κ2) is 50.6. The number of carboxylic acids is 6. The zero-order chi connectivity index (χ0) is 99.3. The molecule has 0 bridgehead atoms. The molecule has 44 nitrogen and oxygen atoms in total. The highest BCUT2D eigenvalue weighted by atomic mass is 32.2. The molecule has 10 amide bonds. The fraction of sp³-hybridized carbons (Fsp3) is 0.472. The number of carbonyl (C=O) groups excluding carboxylic acids is 9. The van der Waals surface area contributed by atoms with Crippen LogP contribution in [0.15, 0.2) is 117 Å². The Morgan fingerprint density at radius 3 is 1.62 bits per heavy atom. The molecule has 47 heteroatoms. The number of likely N-dealkylation sites (tertiary alicyclic amines) is 1. The Morgan fingerprint density at radius 1 is 0.515 bits per heavy atom. The molecule has 19 N–H and O–H groups in total. The normalized spacial score (nSPS) is 17.2. The van der Waals surface area contributed by atoms with Gasteiger partial charge >= 0.3 is 41.8 Å². The molecule has 9 rings (SSSR count). The summed E-state index contributed by atoms with van der Waals surface area (Å²) in [6, 6.07) is 19.8. The number of amides is 10. The van der Waals surface area contributed by atoms with Gasteiger partial charge in [0.25, 0.3) is 20.2 Å². The van der Waals surface area contributed by atoms with Crippen LogP contribution >= 0.6 is 11.8 Å². The number of nitrogens with two attached hydrogens (primary N) is 1. The Kier molecular flexibility index (Phi) is 39.7. The summed E-state index contributed by atoms with van der Waals surface area (Å²) in [5, 5.41) is 98.6. The highest BCUT2D eigenvalue weighted by molar-refractivity contribution is 8.00. The van der Waals surface area contributed by atoms with Gasteiger partial charge in [-0.2, -0.15) is 21.9 Å². The van der Waals surface area contributed by atoms with Gasteiger partial charge in [-0.3, -0.25) is 91.1 Å². The van der Waals surface area contributed by atoms with E-state index in [0.29, 0.717) is 66.2 Å². The van der Waals surface area contributed by atoms with Crippen LogP contribution < -0.4 is 48.3 Å². The molecule has 5 atom stereocenters. The largest absolute Gasteiger partial charge is 0.505 e. The third kappa shape index (κ3) is 33.0. The molecule has 6 aromatic carbocycles. The van der Waals surface area contributed by atoms with Crippen molar-refractivity contribution in [1.82, 2.24) is 61.7 Å². The molecule has 3 aliphatic rings. The SMILES string of the molecule is Cc1cc(-c2ccc(NC(=O)[C@@H](CCCCNC(=O)CCN3C(=O)CC(SCCC(=O)NCC4CCC(C(=O)NC(Cc5ccc6ccccc6c5)C(=O)NCCCCC(NC(=O)N[C@@H](CCC(=O)O)C(=O)O)C(=O)O)CC4)C3=O)NC(=O)CN3CCN(CC(=O)O)CCN(CC(=O)O)CCN(CC(=O)O)CC3)c(C)c2)ccc1N=Nc1ccc2c(S(=O)(=O)O)cc(S(=O)(=O)O)c(N)c2c1O. The molecule has 736 valence electrons. The number of anilines is 2. The Hall–Kier alpha value is -12.9. The minimum Gasteiger partial charge on any atom is -0.505 e. The minimum atomic E-state index is -5.17. The number of imide groups is 1. The average molecular weight is 1950 g/mol. The lowest BCUT2D eigenvalue weighted by atomic mass is 9.81. The number of nitrogens with one attached hydrogen (secondary N) is 8. The summed E-state index contributed by atoms with van der Waals surface area (Å²) in [5.74, 6) is -12.6. The Bertz CT molecular complexity index is 5670. The standard InChI is InChI=1S/C89H114N16O28S3/c1-52-41-59(60-20-23-63(53(2)42-60)99-100-64-24-21-61-70(135(128,129)130)46-71(136(131,132)133)81(90)80(61)82(64)118)19-22-62(52)95-85(121)65(94-74(108)48-101-32-34-102(49-77(112)113)36-38-104(51-79(116)117)39-37-103(35-33-101)50-78(114)115)11-5-7-29-91-72(106)27-31-105-75(109)45-69(86(105)122)134-40-28-73(107)93-47-54-13-17-57(18-14-54)83(119)96-68(44-55-15-16-56-9-3-4-10-58(56)43-55)84(120)92-30-8-6-12-66(87(123)124)97-89(127)98-67(88(125)126)25-26-76(110)111/h3-4,9-10,15-16,19-24,41-43,46,54,57,65-69,118H,5-8,11-14,17-18,25-40,44-45,47-51,90H2,1-2H3,(H,91,106)(H,92,120)(H,93,107)(H,94,108)(H,95,121)(H,96,119)(H,110,111)(H,112,113)(H,114,115)(H,116,117)(H,123,124)(H,125,126)(H2,97,98,127)(H,128,129,130)(H,131,132,133)/t54?,57?,65-,66?,67+,68?,69?/m1/s1. The number of carboxylic acid groups (broad SMARTS) is 6. The third-order valence-corrected chi connectivity index (χ3v) is 26.5. The number of hydrogen-bond donors (Lipinski definition) is 18. The first kappa shape index (κ1) is 107. The Morgan fingerprint density at radius 2 is 1.05 bits per heavy atom. The lowest BCUT2D eigenvalue weighted by Gasteiger charge is -2.33. The number of thioether (sulfide) groups is 1. The molecule has 2 aliphatic heterocycles. The number of fused-ring (bicyclic) bond motifs is 2. The van der Waals surface area contributed by atoms with Gasteiger partial charge in [-0.05, 0) is 165 Å². The first-order chi connectivity index (χ1) is 64.5. The molecule has 0 spiro atoms. The van der Waals surface area contributed by atoms with E-state index in [1.807, 2.05) is 42.5 Å². The van der Waals surface area contributed by atoms with E-state index in [9.17, 15) is 128 Å². The second-order valence-corrected chi connectivity index (χ2v) is 37.7. The number of urea groups is 1. The van der Waals surface area contributed by atoms with Crippen molar-refractivity contribution in [1.29, 1.82) is 0 Å². The molecule has 6 aromatic rings. The van der Waals surface area contributed by atoms with E-state index in [-0.39, 0.29) is 190 Å². The number of aromatic hydroxyl groups is 1. The fourth-order valence-electron chi connectivity index (χ4n) is 16.1. The van der Waals surface area contributed by atoms with Gasteiger partial charge in [0.05, 0.1) is 48.2 Å². The monoisotopic (exact) mass is 1950 g/mol. The number of aryl methyl sites for hydroxylation is 2. The fourth-order valence-corrected chi connectivity index (χ4v) is 18.6. The summed E-state index contributed by atoms with van der Waals surface area (Å²) in [6.07, 6.45) is 1.73. The zero-order valence-corrected chi connectivity index (χ0v) is 77.3. The number of aliphatic carboxylic acids is 6. The highest BCUT2D eigenvalue weighted by Crippen LogP contribution is 2.44. The molecular weight excluding hydrogens is 1840 g/mol. The molecule has 0 radical (unpaired) electrons. The van der Waals surface area contributed by atoms with Crippen LogP contribution in [0.3, 0.4) is 0 Å². The lowest BCUT2D eigenvalue weighted by molar-refractivity contribution is -0.141. The van der Waals surface area contributed by atoms with Crippen LogP contribution in [0.25, 0.3) is 32.7 Å². The van der Waals surface area contributed by atoms with Crippen LogP contribution in [0.2, 0.25) is 0 Å². The number of azo groups is 1. The Labute approximate surface area is 786 Å². The number of nitrogens with zero attached hydrogens (tertiary/aromatic N) is 7. The summed E-state index contributed by atoms with van der Waals surface area (Å²) in [5.41, 5.74) is 8.84. The second-order valence-electron chi connectivity index (χ2n) is 33.6. The summed E-state index contributed by atoms with van der Waals surface area (Å²) < 4.78 is 68.6. The van der Waals surface area contributed by atoms with Crippen molar-refractivity contribution in [3.63, 3.8) is 0 Å². The van der Waals surface area contributed by atoms with Crippen molar-refractivity contribution in [3.05, 3.63) is 114 Å². The van der Waals surface area contributed by atoms with Crippen LogP contribution in [0.1, 0.15) is 113 Å². The molecule has 2 heterocycles. The molecule has 136 heavy (non-hydrogen) atoms. The maximum Gasteiger partial charge on any atom is 0.326 e. The van der Waals surface area contributed by atoms with Crippen LogP contribution in [0.4, 0.5) is 27.5 Å². The number of phenols is 1. The Balaban J connectivity index is 0.747. The molecule has 0 aromatic heterocycles. The van der Waals surface area contributed by atoms with Crippen molar-refractivity contribution in [3.8, 4) is 16.9 Å². The minimum absolute atomic E-state index is 0.0193. The third-order valence-electron chi connectivity index (χ3n) is 23.5. The van der Waals surface area contributed by atoms with Crippen molar-refractivity contribution in [2.24, 2.45) is 22.1 Å². The van der Waals surface area contributed by atoms with Crippen LogP contribution in [0, 0.1) is 25.7 Å². The lowest BCUT2D eigenvalue weighted by Crippen LogP contribution is -2.51. The smallest absolute Gasteiger partial charge is 0.326 e. The van der Waals surface area contributed by atoms with E-state index in [0.717, 1.165) is 45.1 Å². The van der Waals surface area contributed by atoms with Crippen molar-refractivity contribution in [2.45, 2.75) is 156 Å². The maximum absolute atomic E-state index is 14.6. The van der Waals surface area contributed by atoms with Crippen LogP contribution in [-0.2, 0) is 93.8 Å². The summed E-state index contributed by atoms with van der Waals surface area (Å²) in [7, 11) is -10.3. The van der Waals surface area contributed by atoms with Crippen LogP contribution in [0.5, 0.6) is 5.75 Å². The first-order valence-corrected chi connectivity index (χ1v) is 48.0. The predicted molar refractivity (Wildman–Crippen MR) is 494 cm³/mol. The van der Waals surface area contributed by atoms with Gasteiger partial charge in [0.2, 0.25) is 47.3 Å². The predicted octanol–water partition coefficient (Wildman–Crippen LogP) is 4.31. The number of benzene rings is 6. The highest BCUT2D eigenvalue weighted by Gasteiger charge is 2.40. The van der Waals surface area contributed by atoms with E-state index in [1.165, 1.54) is 0 Å². The number of nitrogen functional groups attached to an aromatic ring is 1. The van der Waals surface area contributed by atoms with Gasteiger partial charge in [0.15, 0.2) is 5.75 Å². The number of unbranched alkanes of at least 4 members (excludes halogenated alkanes) is 2.